The minimum atomic E-state index is 0.131. The smallest absolute Gasteiger partial charge is 0.141 e. The number of ether oxygens (including phenoxy) is 1. The molecule has 4 nitrogen and oxygen atoms in total. The molecule has 0 spiro atoms. The normalized spacial score (nSPS) is 15.0. The Kier molecular flexibility index (Phi) is 6.42. The molecule has 1 aliphatic heterocycles. The van der Waals surface area contributed by atoms with Gasteiger partial charge in [-0.1, -0.05) is 63.6 Å². The molecule has 1 saturated heterocycles. The van der Waals surface area contributed by atoms with Crippen molar-refractivity contribution < 1.29 is 4.74 Å². The third-order valence-electron chi connectivity index (χ3n) is 6.79. The summed E-state index contributed by atoms with van der Waals surface area (Å²) >= 11 is 0. The molecule has 1 fully saturated rings. The van der Waals surface area contributed by atoms with Crippen LogP contribution < -0.4 is 4.74 Å². The summed E-state index contributed by atoms with van der Waals surface area (Å²) in [6.07, 6.45) is 3.99. The number of piperidine rings is 1. The number of aromatic nitrogens is 2. The summed E-state index contributed by atoms with van der Waals surface area (Å²) in [6.45, 7) is 11.1. The molecule has 2 heterocycles. The lowest BCUT2D eigenvalue weighted by Gasteiger charge is -2.26. The fourth-order valence-corrected chi connectivity index (χ4v) is 4.80. The number of rotatable bonds is 6. The summed E-state index contributed by atoms with van der Waals surface area (Å²) in [5.74, 6) is 2.69. The van der Waals surface area contributed by atoms with Crippen LogP contribution in [0.4, 0.5) is 0 Å². The second-order valence-electron chi connectivity index (χ2n) is 10.4. The zero-order valence-corrected chi connectivity index (χ0v) is 20.6. The molecule has 0 N–H and O–H groups in total. The quantitative estimate of drug-likeness (QED) is 0.307. The van der Waals surface area contributed by atoms with Gasteiger partial charge in [0.2, 0.25) is 0 Å². The number of hydrogen-bond donors (Lipinski definition) is 0. The van der Waals surface area contributed by atoms with Crippen LogP contribution in [0.3, 0.4) is 0 Å². The van der Waals surface area contributed by atoms with E-state index in [0.717, 1.165) is 41.5 Å². The van der Waals surface area contributed by atoms with E-state index >= 15 is 0 Å². The van der Waals surface area contributed by atoms with E-state index in [9.17, 15) is 0 Å². The van der Waals surface area contributed by atoms with Crippen LogP contribution in [0.5, 0.6) is 11.5 Å². The van der Waals surface area contributed by atoms with Crippen molar-refractivity contribution in [3.63, 3.8) is 0 Å². The molecule has 0 unspecified atom stereocenters. The van der Waals surface area contributed by atoms with Crippen molar-refractivity contribution in [2.75, 3.05) is 19.6 Å². The Balaban J connectivity index is 1.41. The maximum absolute atomic E-state index is 6.23. The first-order chi connectivity index (χ1) is 16.5. The minimum absolute atomic E-state index is 0.131. The minimum Gasteiger partial charge on any atom is -0.457 e. The third kappa shape index (κ3) is 5.02. The molecule has 5 rings (SSSR count). The predicted octanol–water partition coefficient (Wildman–Crippen LogP) is 7.28. The van der Waals surface area contributed by atoms with E-state index in [-0.39, 0.29) is 5.41 Å². The summed E-state index contributed by atoms with van der Waals surface area (Å²) in [6, 6.07) is 25.2. The number of likely N-dealkylation sites (tertiary alicyclic amines) is 1. The Morgan fingerprint density at radius 2 is 1.56 bits per heavy atom. The Morgan fingerprint density at radius 3 is 2.32 bits per heavy atom. The average Bonchev–Trinajstić information content (AvgIpc) is 3.22. The summed E-state index contributed by atoms with van der Waals surface area (Å²) < 4.78 is 8.61. The van der Waals surface area contributed by atoms with E-state index in [1.165, 1.54) is 43.4 Å². The molecule has 1 aliphatic rings. The van der Waals surface area contributed by atoms with Crippen molar-refractivity contribution in [2.45, 2.75) is 52.0 Å². The molecule has 34 heavy (non-hydrogen) atoms. The molecular formula is C30H35N3O. The van der Waals surface area contributed by atoms with Crippen LogP contribution in [0.15, 0.2) is 72.8 Å². The Morgan fingerprint density at radius 1 is 0.794 bits per heavy atom. The van der Waals surface area contributed by atoms with Crippen LogP contribution in [-0.2, 0) is 12.0 Å². The lowest BCUT2D eigenvalue weighted by Crippen LogP contribution is -2.32. The Bertz CT molecular complexity index is 1240. The monoisotopic (exact) mass is 453 g/mol. The topological polar surface area (TPSA) is 30.3 Å². The Labute approximate surface area is 203 Å². The van der Waals surface area contributed by atoms with Gasteiger partial charge < -0.3 is 14.2 Å². The zero-order chi connectivity index (χ0) is 23.5. The number of nitrogens with zero attached hydrogens (tertiary/aromatic N) is 3. The van der Waals surface area contributed by atoms with E-state index in [4.69, 9.17) is 9.72 Å². The SMILES string of the molecule is CC(C)(C)c1ccc(Oc2cccc(-c3nc4ccccc4n3CCN3CCCCC3)c2)cc1. The van der Waals surface area contributed by atoms with E-state index in [0.29, 0.717) is 0 Å². The molecule has 0 saturated carbocycles. The largest absolute Gasteiger partial charge is 0.457 e. The van der Waals surface area contributed by atoms with Crippen molar-refractivity contribution in [2.24, 2.45) is 0 Å². The van der Waals surface area contributed by atoms with Gasteiger partial charge >= 0.3 is 0 Å². The highest BCUT2D eigenvalue weighted by atomic mass is 16.5. The third-order valence-corrected chi connectivity index (χ3v) is 6.79. The fraction of sp³-hybridized carbons (Fsp3) is 0.367. The summed E-state index contributed by atoms with van der Waals surface area (Å²) in [4.78, 5) is 7.61. The highest BCUT2D eigenvalue weighted by Crippen LogP contribution is 2.31. The van der Waals surface area contributed by atoms with Crippen LogP contribution in [-0.4, -0.2) is 34.1 Å². The van der Waals surface area contributed by atoms with E-state index in [2.05, 4.69) is 97.0 Å². The molecular weight excluding hydrogens is 418 g/mol. The van der Waals surface area contributed by atoms with Gasteiger partial charge in [-0.2, -0.15) is 0 Å². The number of para-hydroxylation sites is 2. The summed E-state index contributed by atoms with van der Waals surface area (Å²) in [7, 11) is 0. The first-order valence-electron chi connectivity index (χ1n) is 12.5. The van der Waals surface area contributed by atoms with Gasteiger partial charge in [0.25, 0.3) is 0 Å². The van der Waals surface area contributed by atoms with E-state index in [1.807, 2.05) is 6.07 Å². The van der Waals surface area contributed by atoms with Crippen molar-refractivity contribution in [1.29, 1.82) is 0 Å². The number of benzene rings is 3. The molecule has 4 aromatic rings. The standard InChI is InChI=1S/C30H35N3O/c1-30(2,3)24-14-16-25(17-15-24)34-26-11-9-10-23(22-26)29-31-27-12-5-6-13-28(27)33(29)21-20-32-18-7-4-8-19-32/h5-6,9-17,22H,4,7-8,18-21H2,1-3H3. The van der Waals surface area contributed by atoms with Crippen molar-refractivity contribution in [1.82, 2.24) is 14.5 Å². The van der Waals surface area contributed by atoms with Crippen molar-refractivity contribution >= 4 is 11.0 Å². The van der Waals surface area contributed by atoms with Crippen LogP contribution in [0, 0.1) is 0 Å². The van der Waals surface area contributed by atoms with Gasteiger partial charge in [-0.3, -0.25) is 0 Å². The first-order valence-corrected chi connectivity index (χ1v) is 12.5. The molecule has 176 valence electrons. The van der Waals surface area contributed by atoms with Crippen LogP contribution in [0.2, 0.25) is 0 Å². The molecule has 0 amide bonds. The second-order valence-corrected chi connectivity index (χ2v) is 10.4. The molecule has 0 atom stereocenters. The van der Waals surface area contributed by atoms with E-state index in [1.54, 1.807) is 0 Å². The lowest BCUT2D eigenvalue weighted by molar-refractivity contribution is 0.222. The molecule has 3 aromatic carbocycles. The van der Waals surface area contributed by atoms with Gasteiger partial charge in [0.15, 0.2) is 0 Å². The van der Waals surface area contributed by atoms with E-state index < -0.39 is 0 Å². The highest BCUT2D eigenvalue weighted by molar-refractivity contribution is 5.80. The fourth-order valence-electron chi connectivity index (χ4n) is 4.80. The summed E-state index contributed by atoms with van der Waals surface area (Å²) in [5.41, 5.74) is 4.75. The number of imidazole rings is 1. The van der Waals surface area contributed by atoms with Crippen molar-refractivity contribution in [3.8, 4) is 22.9 Å². The van der Waals surface area contributed by atoms with Gasteiger partial charge in [-0.15, -0.1) is 0 Å². The zero-order valence-electron chi connectivity index (χ0n) is 20.6. The van der Waals surface area contributed by atoms with Crippen LogP contribution >= 0.6 is 0 Å². The second kappa shape index (κ2) is 9.63. The first kappa shape index (κ1) is 22.7. The number of fused-ring (bicyclic) bond motifs is 1. The van der Waals surface area contributed by atoms with Crippen LogP contribution in [0.1, 0.15) is 45.6 Å². The molecule has 0 aliphatic carbocycles. The highest BCUT2D eigenvalue weighted by Gasteiger charge is 2.16. The maximum Gasteiger partial charge on any atom is 0.141 e. The van der Waals surface area contributed by atoms with Gasteiger partial charge in [-0.25, -0.2) is 4.98 Å². The molecule has 4 heteroatoms. The molecule has 0 bridgehead atoms. The molecule has 0 radical (unpaired) electrons. The molecule has 1 aromatic heterocycles. The summed E-state index contributed by atoms with van der Waals surface area (Å²) in [5, 5.41) is 0. The Hall–Kier alpha value is -3.11. The predicted molar refractivity (Wildman–Crippen MR) is 141 cm³/mol. The van der Waals surface area contributed by atoms with Gasteiger partial charge in [0.05, 0.1) is 11.0 Å². The number of hydrogen-bond acceptors (Lipinski definition) is 3. The van der Waals surface area contributed by atoms with Crippen LogP contribution in [0.25, 0.3) is 22.4 Å². The average molecular weight is 454 g/mol. The van der Waals surface area contributed by atoms with Gasteiger partial charge in [-0.05, 0) is 73.3 Å². The van der Waals surface area contributed by atoms with Gasteiger partial charge in [0.1, 0.15) is 17.3 Å². The van der Waals surface area contributed by atoms with Gasteiger partial charge in [0, 0.05) is 18.7 Å². The maximum atomic E-state index is 6.23. The lowest BCUT2D eigenvalue weighted by atomic mass is 9.87. The van der Waals surface area contributed by atoms with Crippen molar-refractivity contribution in [3.05, 3.63) is 78.4 Å².